The maximum absolute atomic E-state index is 11.5. The molecule has 0 fully saturated rings. The average molecular weight is 329 g/mol. The van der Waals surface area contributed by atoms with Gasteiger partial charge in [-0.2, -0.15) is 0 Å². The third-order valence-corrected chi connectivity index (χ3v) is 3.82. The van der Waals surface area contributed by atoms with Crippen LogP contribution in [0.5, 0.6) is 0 Å². The molecule has 3 aromatic rings. The van der Waals surface area contributed by atoms with Crippen LogP contribution < -0.4 is 56.5 Å². The van der Waals surface area contributed by atoms with E-state index in [1.165, 1.54) is 0 Å². The molecule has 0 N–H and O–H groups in total. The molecule has 0 amide bonds. The van der Waals surface area contributed by atoms with Gasteiger partial charge in [0.2, 0.25) is 0 Å². The quantitative estimate of drug-likeness (QED) is 0.631. The Morgan fingerprint density at radius 1 is 0.957 bits per heavy atom. The normalized spacial score (nSPS) is 10.4. The molecule has 0 saturated carbocycles. The summed E-state index contributed by atoms with van der Waals surface area (Å²) in [7, 11) is 0. The van der Waals surface area contributed by atoms with Crippen LogP contribution in [0.25, 0.3) is 22.2 Å². The first kappa shape index (κ1) is 18.3. The van der Waals surface area contributed by atoms with Gasteiger partial charge in [0, 0.05) is 16.5 Å². The molecule has 0 aliphatic heterocycles. The predicted octanol–water partition coefficient (Wildman–Crippen LogP) is 0.195. The van der Waals surface area contributed by atoms with Crippen LogP contribution in [0.2, 0.25) is 0 Å². The van der Waals surface area contributed by atoms with Crippen molar-refractivity contribution in [3.8, 4) is 11.3 Å². The van der Waals surface area contributed by atoms with Crippen molar-refractivity contribution in [1.29, 1.82) is 0 Å². The molecule has 0 unspecified atom stereocenters. The summed E-state index contributed by atoms with van der Waals surface area (Å²) in [5.41, 5.74) is 5.57. The van der Waals surface area contributed by atoms with Gasteiger partial charge in [-0.1, -0.05) is 41.5 Å². The summed E-state index contributed by atoms with van der Waals surface area (Å²) in [5, 5.41) is 12.2. The number of carboxylic acid groups (broad SMARTS) is 1. The molecule has 0 radical (unpaired) electrons. The average Bonchev–Trinajstić information content (AvgIpc) is 2.47. The standard InChI is InChI=1S/C19H17NO2.K/c1-11-4-6-14(7-5-11)17-10-16(19(21)22)15-9-12(2)8-13(3)18(15)20-17;/h4-10H,1-3H3,(H,21,22);/q;+1/p-1. The Balaban J connectivity index is 0.00000192. The first-order valence-electron chi connectivity index (χ1n) is 7.16. The maximum Gasteiger partial charge on any atom is 1.00 e. The van der Waals surface area contributed by atoms with Gasteiger partial charge in [0.05, 0.1) is 17.2 Å². The van der Waals surface area contributed by atoms with Crippen molar-refractivity contribution < 1.29 is 61.3 Å². The fraction of sp³-hybridized carbons (Fsp3) is 0.158. The summed E-state index contributed by atoms with van der Waals surface area (Å²) in [6.45, 7) is 5.90. The number of benzene rings is 2. The monoisotopic (exact) mass is 329 g/mol. The number of nitrogens with zero attached hydrogens (tertiary/aromatic N) is 1. The number of hydrogen-bond acceptors (Lipinski definition) is 3. The van der Waals surface area contributed by atoms with Crippen molar-refractivity contribution in [3.05, 3.63) is 64.7 Å². The van der Waals surface area contributed by atoms with Gasteiger partial charge in [0.15, 0.2) is 0 Å². The van der Waals surface area contributed by atoms with E-state index in [4.69, 9.17) is 0 Å². The van der Waals surface area contributed by atoms with Crippen LogP contribution in [0.3, 0.4) is 0 Å². The Hall–Kier alpha value is -1.04. The Kier molecular flexibility index (Phi) is 5.76. The molecule has 3 rings (SSSR count). The van der Waals surface area contributed by atoms with Crippen LogP contribution in [0, 0.1) is 20.8 Å². The minimum absolute atomic E-state index is 0. The SMILES string of the molecule is Cc1ccc(-c2cc(C(=O)[O-])c3cc(C)cc(C)c3n2)cc1.[K+]. The number of aryl methyl sites for hydroxylation is 3. The third kappa shape index (κ3) is 3.73. The van der Waals surface area contributed by atoms with Crippen molar-refractivity contribution in [3.63, 3.8) is 0 Å². The van der Waals surface area contributed by atoms with Gasteiger partial charge in [0.1, 0.15) is 0 Å². The first-order valence-corrected chi connectivity index (χ1v) is 7.16. The fourth-order valence-corrected chi connectivity index (χ4v) is 2.72. The second-order valence-corrected chi connectivity index (χ2v) is 5.69. The first-order chi connectivity index (χ1) is 10.5. The smallest absolute Gasteiger partial charge is 0.545 e. The van der Waals surface area contributed by atoms with Gasteiger partial charge in [-0.3, -0.25) is 0 Å². The van der Waals surface area contributed by atoms with E-state index in [2.05, 4.69) is 4.98 Å². The van der Waals surface area contributed by atoms with Crippen LogP contribution in [-0.4, -0.2) is 11.0 Å². The molecule has 0 aliphatic carbocycles. The van der Waals surface area contributed by atoms with Gasteiger partial charge in [0.25, 0.3) is 0 Å². The number of carbonyl (C=O) groups is 1. The number of carbonyl (C=O) groups excluding carboxylic acids is 1. The summed E-state index contributed by atoms with van der Waals surface area (Å²) in [6, 6.07) is 13.3. The van der Waals surface area contributed by atoms with Crippen LogP contribution >= 0.6 is 0 Å². The molecular formula is C19H16KNO2. The Labute approximate surface area is 178 Å². The Bertz CT molecular complexity index is 886. The number of aromatic carboxylic acids is 1. The van der Waals surface area contributed by atoms with Crippen molar-refractivity contribution in [2.45, 2.75) is 20.8 Å². The fourth-order valence-electron chi connectivity index (χ4n) is 2.72. The maximum atomic E-state index is 11.5. The molecule has 0 spiro atoms. The van der Waals surface area contributed by atoms with Gasteiger partial charge in [-0.25, -0.2) is 4.98 Å². The van der Waals surface area contributed by atoms with Gasteiger partial charge >= 0.3 is 51.4 Å². The second-order valence-electron chi connectivity index (χ2n) is 5.69. The van der Waals surface area contributed by atoms with Crippen LogP contribution in [0.4, 0.5) is 0 Å². The topological polar surface area (TPSA) is 53.0 Å². The molecule has 2 aromatic carbocycles. The van der Waals surface area contributed by atoms with Gasteiger partial charge < -0.3 is 9.90 Å². The number of rotatable bonds is 2. The van der Waals surface area contributed by atoms with Crippen LogP contribution in [-0.2, 0) is 0 Å². The summed E-state index contributed by atoms with van der Waals surface area (Å²) in [5.74, 6) is -1.18. The van der Waals surface area contributed by atoms with Crippen molar-refractivity contribution >= 4 is 16.9 Å². The van der Waals surface area contributed by atoms with Crippen LogP contribution in [0.1, 0.15) is 27.0 Å². The van der Waals surface area contributed by atoms with E-state index in [0.29, 0.717) is 16.6 Å². The van der Waals surface area contributed by atoms with E-state index in [-0.39, 0.29) is 56.9 Å². The van der Waals surface area contributed by atoms with E-state index in [1.807, 2.05) is 57.2 Å². The minimum atomic E-state index is -1.18. The molecule has 0 bridgehead atoms. The summed E-state index contributed by atoms with van der Waals surface area (Å²) >= 11 is 0. The van der Waals surface area contributed by atoms with Crippen molar-refractivity contribution in [2.75, 3.05) is 0 Å². The van der Waals surface area contributed by atoms with Crippen molar-refractivity contribution in [2.24, 2.45) is 0 Å². The van der Waals surface area contributed by atoms with E-state index in [9.17, 15) is 9.90 Å². The zero-order valence-corrected chi connectivity index (χ0v) is 16.9. The van der Waals surface area contributed by atoms with E-state index in [1.54, 1.807) is 6.07 Å². The van der Waals surface area contributed by atoms with E-state index < -0.39 is 5.97 Å². The summed E-state index contributed by atoms with van der Waals surface area (Å²) in [6.07, 6.45) is 0. The largest absolute Gasteiger partial charge is 1.00 e. The second kappa shape index (κ2) is 7.24. The number of carboxylic acids is 1. The van der Waals surface area contributed by atoms with Gasteiger partial charge in [-0.15, -0.1) is 0 Å². The molecule has 110 valence electrons. The molecule has 23 heavy (non-hydrogen) atoms. The van der Waals surface area contributed by atoms with E-state index in [0.717, 1.165) is 22.3 Å². The molecule has 0 saturated heterocycles. The minimum Gasteiger partial charge on any atom is -0.545 e. The van der Waals surface area contributed by atoms with Gasteiger partial charge in [-0.05, 0) is 38.5 Å². The zero-order valence-electron chi connectivity index (χ0n) is 13.8. The molecular weight excluding hydrogens is 313 g/mol. The molecule has 3 nitrogen and oxygen atoms in total. The van der Waals surface area contributed by atoms with Crippen molar-refractivity contribution in [1.82, 2.24) is 4.98 Å². The molecule has 0 aliphatic rings. The molecule has 1 heterocycles. The number of aromatic nitrogens is 1. The summed E-state index contributed by atoms with van der Waals surface area (Å²) in [4.78, 5) is 16.2. The molecule has 4 heteroatoms. The predicted molar refractivity (Wildman–Crippen MR) is 85.7 cm³/mol. The Morgan fingerprint density at radius 2 is 1.61 bits per heavy atom. The molecule has 0 atom stereocenters. The molecule has 1 aromatic heterocycles. The summed E-state index contributed by atoms with van der Waals surface area (Å²) < 4.78 is 0. The number of pyridine rings is 1. The van der Waals surface area contributed by atoms with E-state index >= 15 is 0 Å². The Morgan fingerprint density at radius 3 is 2.22 bits per heavy atom. The number of hydrogen-bond donors (Lipinski definition) is 0. The third-order valence-electron chi connectivity index (χ3n) is 3.82. The zero-order chi connectivity index (χ0) is 15.9. The number of fused-ring (bicyclic) bond motifs is 1. The van der Waals surface area contributed by atoms with Crippen LogP contribution in [0.15, 0.2) is 42.5 Å².